The summed E-state index contributed by atoms with van der Waals surface area (Å²) in [5.41, 5.74) is 8.65. The van der Waals surface area contributed by atoms with E-state index in [2.05, 4.69) is 72.1 Å². The van der Waals surface area contributed by atoms with Crippen molar-refractivity contribution in [1.82, 2.24) is 0 Å². The van der Waals surface area contributed by atoms with Gasteiger partial charge in [-0.1, -0.05) is 75.0 Å². The molecule has 26 heavy (non-hydrogen) atoms. The van der Waals surface area contributed by atoms with E-state index in [1.54, 1.807) is 11.1 Å². The Morgan fingerprint density at radius 3 is 2.65 bits per heavy atom. The molecule has 0 aromatic rings. The summed E-state index contributed by atoms with van der Waals surface area (Å²) in [6.45, 7) is 19.9. The van der Waals surface area contributed by atoms with Gasteiger partial charge in [0.1, 0.15) is 0 Å². The Labute approximate surface area is 162 Å². The summed E-state index contributed by atoms with van der Waals surface area (Å²) in [6.07, 6.45) is 17.9. The van der Waals surface area contributed by atoms with Crippen LogP contribution in [0.5, 0.6) is 0 Å². The lowest BCUT2D eigenvalue weighted by molar-refractivity contribution is 0.376. The van der Waals surface area contributed by atoms with E-state index in [4.69, 9.17) is 0 Å². The van der Waals surface area contributed by atoms with Gasteiger partial charge in [-0.25, -0.2) is 0 Å². The van der Waals surface area contributed by atoms with Crippen LogP contribution in [0.15, 0.2) is 70.9 Å². The van der Waals surface area contributed by atoms with Gasteiger partial charge in [-0.05, 0) is 86.8 Å². The summed E-state index contributed by atoms with van der Waals surface area (Å²) in [4.78, 5) is 0. The molecule has 0 aliphatic heterocycles. The molecule has 0 heteroatoms. The van der Waals surface area contributed by atoms with Crippen molar-refractivity contribution in [3.05, 3.63) is 70.9 Å². The first-order valence-electron chi connectivity index (χ1n) is 10.3. The molecule has 2 rings (SSSR count). The lowest BCUT2D eigenvalue weighted by Crippen LogP contribution is -2.19. The van der Waals surface area contributed by atoms with Gasteiger partial charge in [-0.2, -0.15) is 0 Å². The lowest BCUT2D eigenvalue weighted by atomic mass is 9.72. The highest BCUT2D eigenvalue weighted by Gasteiger charge is 2.26. The van der Waals surface area contributed by atoms with Crippen LogP contribution < -0.4 is 0 Å². The van der Waals surface area contributed by atoms with Crippen LogP contribution in [-0.4, -0.2) is 0 Å². The maximum atomic E-state index is 4.15. The highest BCUT2D eigenvalue weighted by atomic mass is 14.3. The van der Waals surface area contributed by atoms with Crippen molar-refractivity contribution in [3.63, 3.8) is 0 Å². The van der Waals surface area contributed by atoms with Crippen LogP contribution in [-0.2, 0) is 0 Å². The second-order valence-corrected chi connectivity index (χ2v) is 9.19. The monoisotopic (exact) mass is 350 g/mol. The third-order valence-electron chi connectivity index (χ3n) is 5.97. The van der Waals surface area contributed by atoms with Crippen molar-refractivity contribution in [3.8, 4) is 0 Å². The van der Waals surface area contributed by atoms with Crippen molar-refractivity contribution >= 4 is 0 Å². The summed E-state index contributed by atoms with van der Waals surface area (Å²) in [5, 5.41) is 0. The molecular formula is C26H38. The molecule has 0 heterocycles. The van der Waals surface area contributed by atoms with Crippen LogP contribution in [0.2, 0.25) is 0 Å². The topological polar surface area (TPSA) is 0 Å². The Hall–Kier alpha value is -1.56. The van der Waals surface area contributed by atoms with Gasteiger partial charge in [0.25, 0.3) is 0 Å². The molecule has 2 aliphatic rings. The second-order valence-electron chi connectivity index (χ2n) is 9.19. The van der Waals surface area contributed by atoms with E-state index < -0.39 is 0 Å². The first-order chi connectivity index (χ1) is 12.2. The molecule has 2 aliphatic carbocycles. The molecule has 0 bridgehead atoms. The third kappa shape index (κ3) is 5.73. The Morgan fingerprint density at radius 1 is 1.31 bits per heavy atom. The fraction of sp³-hybridized carbons (Fsp3) is 0.538. The Kier molecular flexibility index (Phi) is 7.09. The molecule has 0 spiro atoms. The quantitative estimate of drug-likeness (QED) is 0.433. The van der Waals surface area contributed by atoms with Gasteiger partial charge in [-0.3, -0.25) is 0 Å². The van der Waals surface area contributed by atoms with Crippen LogP contribution in [0.3, 0.4) is 0 Å². The van der Waals surface area contributed by atoms with E-state index in [0.29, 0.717) is 11.3 Å². The highest BCUT2D eigenvalue weighted by Crippen LogP contribution is 2.41. The largest absolute Gasteiger partial charge is 0.0955 e. The predicted octanol–water partition coefficient (Wildman–Crippen LogP) is 8.26. The number of rotatable bonds is 7. The van der Waals surface area contributed by atoms with Gasteiger partial charge in [0, 0.05) is 0 Å². The van der Waals surface area contributed by atoms with Gasteiger partial charge in [-0.15, -0.1) is 0 Å². The van der Waals surface area contributed by atoms with Crippen LogP contribution in [0, 0.1) is 11.3 Å². The minimum Gasteiger partial charge on any atom is -0.0955 e. The van der Waals surface area contributed by atoms with E-state index in [1.165, 1.54) is 60.8 Å². The molecule has 0 radical (unpaired) electrons. The minimum atomic E-state index is 0.347. The molecule has 0 aromatic carbocycles. The molecule has 0 saturated heterocycles. The van der Waals surface area contributed by atoms with Crippen molar-refractivity contribution in [1.29, 1.82) is 0 Å². The summed E-state index contributed by atoms with van der Waals surface area (Å²) >= 11 is 0. The van der Waals surface area contributed by atoms with Crippen LogP contribution >= 0.6 is 0 Å². The summed E-state index contributed by atoms with van der Waals surface area (Å²) in [7, 11) is 0. The maximum absolute atomic E-state index is 4.15. The molecule has 0 aromatic heterocycles. The van der Waals surface area contributed by atoms with E-state index in [-0.39, 0.29) is 0 Å². The van der Waals surface area contributed by atoms with Crippen LogP contribution in [0.4, 0.5) is 0 Å². The average molecular weight is 351 g/mol. The Morgan fingerprint density at radius 2 is 2.04 bits per heavy atom. The second kappa shape index (κ2) is 8.89. The first-order valence-corrected chi connectivity index (χ1v) is 10.3. The normalized spacial score (nSPS) is 22.3. The zero-order valence-corrected chi connectivity index (χ0v) is 17.8. The Balaban J connectivity index is 1.83. The van der Waals surface area contributed by atoms with E-state index in [9.17, 15) is 0 Å². The van der Waals surface area contributed by atoms with Gasteiger partial charge in [0.2, 0.25) is 0 Å². The highest BCUT2D eigenvalue weighted by molar-refractivity contribution is 5.52. The maximum Gasteiger partial charge on any atom is -0.00314 e. The van der Waals surface area contributed by atoms with E-state index in [1.807, 2.05) is 0 Å². The SMILES string of the molecule is C=C1C=C(/C=C(\C)CCCC(C)/C=C/C2=C(C)CCCC2(C)C)C(=C)C1. The zero-order chi connectivity index (χ0) is 19.3. The number of allylic oxidation sites excluding steroid dienone is 10. The van der Waals surface area contributed by atoms with Crippen LogP contribution in [0.25, 0.3) is 0 Å². The molecule has 1 unspecified atom stereocenters. The zero-order valence-electron chi connectivity index (χ0n) is 17.8. The molecule has 0 N–H and O–H groups in total. The minimum absolute atomic E-state index is 0.347. The average Bonchev–Trinajstić information content (AvgIpc) is 2.83. The first kappa shape index (κ1) is 20.7. The molecule has 1 atom stereocenters. The van der Waals surface area contributed by atoms with Crippen molar-refractivity contribution in [2.24, 2.45) is 11.3 Å². The van der Waals surface area contributed by atoms with E-state index in [0.717, 1.165) is 6.42 Å². The molecule has 0 fully saturated rings. The summed E-state index contributed by atoms with van der Waals surface area (Å²) in [5.74, 6) is 0.640. The standard InChI is InChI=1S/C26H38/c1-19(13-14-25-22(4)12-9-15-26(25,6)7)10-8-11-20(2)17-24-18-21(3)16-23(24)5/h13-14,17-19H,3,5,8-12,15-16H2,1-2,4,6-7H3/b14-13+,20-17+. The molecule has 0 nitrogen and oxygen atoms in total. The summed E-state index contributed by atoms with van der Waals surface area (Å²) < 4.78 is 0. The molecule has 142 valence electrons. The number of hydrogen-bond acceptors (Lipinski definition) is 0. The molecule has 0 saturated carbocycles. The predicted molar refractivity (Wildman–Crippen MR) is 117 cm³/mol. The van der Waals surface area contributed by atoms with Crippen molar-refractivity contribution in [2.45, 2.75) is 79.6 Å². The van der Waals surface area contributed by atoms with Gasteiger partial charge in [0.15, 0.2) is 0 Å². The van der Waals surface area contributed by atoms with Gasteiger partial charge < -0.3 is 0 Å². The third-order valence-corrected chi connectivity index (χ3v) is 5.97. The van der Waals surface area contributed by atoms with Crippen molar-refractivity contribution in [2.75, 3.05) is 0 Å². The fourth-order valence-electron chi connectivity index (χ4n) is 4.30. The smallest absolute Gasteiger partial charge is 0.00314 e. The van der Waals surface area contributed by atoms with E-state index >= 15 is 0 Å². The van der Waals surface area contributed by atoms with Crippen molar-refractivity contribution < 1.29 is 0 Å². The summed E-state index contributed by atoms with van der Waals surface area (Å²) in [6, 6.07) is 0. The van der Waals surface area contributed by atoms with Gasteiger partial charge in [0.05, 0.1) is 0 Å². The molecular weight excluding hydrogens is 312 g/mol. The number of hydrogen-bond donors (Lipinski definition) is 0. The van der Waals surface area contributed by atoms with Gasteiger partial charge >= 0.3 is 0 Å². The van der Waals surface area contributed by atoms with Crippen LogP contribution in [0.1, 0.15) is 79.6 Å². The Bertz CT molecular complexity index is 673. The fourth-order valence-corrected chi connectivity index (χ4v) is 4.30. The molecule has 0 amide bonds. The lowest BCUT2D eigenvalue weighted by Gasteiger charge is -2.33.